The first-order valence-corrected chi connectivity index (χ1v) is 21.0. The first-order chi connectivity index (χ1) is 31.7. The molecule has 0 atom stereocenters. The maximum atomic E-state index is 13.2. The van der Waals surface area contributed by atoms with Crippen molar-refractivity contribution in [1.82, 2.24) is 28.9 Å². The maximum absolute atomic E-state index is 13.2. The standard InChI is InChI=1S/C24H28N4O6.C22H24N4O6.CH4.H2N.Na.H2O/c1-5-33-19(29)10-12-28-11-9-14-15(23(28)30)13-18(31-3)22(21(14)32-4)34-17-8-6-7-16-20(17)26-24(25)27(16)2;1-25-14-5-4-6-15(18(14)24-22(25)23)32-20-16(30-2)11-13-12(19(20)31-3)7-9-26(21(13)29)10-8-17(27)28;;;;/h6-8,13H,5,9-12H2,1-4H3,(H2,25,26);4-6,11H,7-10H2,1-3H3,(H2,23,24)(H,27,28);1H4;1H2;;1H2/q;;;-1;+1;/p-1. The Hall–Kier alpha value is -6.98. The van der Waals surface area contributed by atoms with Crippen LogP contribution in [0.25, 0.3) is 28.2 Å². The normalized spacial score (nSPS) is 12.4. The van der Waals surface area contributed by atoms with Crippen molar-refractivity contribution in [1.29, 1.82) is 0 Å². The van der Waals surface area contributed by atoms with Gasteiger partial charge in [-0.25, -0.2) is 9.97 Å². The van der Waals surface area contributed by atoms with Gasteiger partial charge in [-0.1, -0.05) is 19.6 Å². The van der Waals surface area contributed by atoms with E-state index in [1.807, 2.05) is 38.4 Å². The second-order valence-electron chi connectivity index (χ2n) is 15.2. The zero-order valence-corrected chi connectivity index (χ0v) is 41.8. The van der Waals surface area contributed by atoms with Gasteiger partial charge in [0.15, 0.2) is 34.5 Å². The van der Waals surface area contributed by atoms with Crippen LogP contribution in [0.4, 0.5) is 11.9 Å². The average molecular weight is 981 g/mol. The van der Waals surface area contributed by atoms with Crippen LogP contribution in [-0.4, -0.2) is 124 Å². The molecule has 2 aromatic heterocycles. The number of rotatable bonds is 15. The topological polar surface area (TPSA) is 311 Å². The van der Waals surface area contributed by atoms with Crippen LogP contribution in [0.15, 0.2) is 48.5 Å². The van der Waals surface area contributed by atoms with Gasteiger partial charge in [0, 0.05) is 51.4 Å². The number of anilines is 2. The molecule has 70 heavy (non-hydrogen) atoms. The molecule has 6 aromatic rings. The first-order valence-electron chi connectivity index (χ1n) is 21.0. The van der Waals surface area contributed by atoms with Gasteiger partial charge in [-0.3, -0.25) is 19.2 Å². The number of carbonyl (C=O) groups excluding carboxylic acids is 3. The van der Waals surface area contributed by atoms with Crippen LogP contribution < -0.4 is 69.4 Å². The number of benzene rings is 4. The van der Waals surface area contributed by atoms with E-state index in [9.17, 15) is 19.2 Å². The van der Waals surface area contributed by atoms with Gasteiger partial charge in [0.1, 0.15) is 11.0 Å². The van der Waals surface area contributed by atoms with E-state index in [-0.39, 0.29) is 92.3 Å². The second-order valence-corrected chi connectivity index (χ2v) is 15.2. The van der Waals surface area contributed by atoms with E-state index < -0.39 is 5.97 Å². The number of carbonyl (C=O) groups is 4. The number of ether oxygens (including phenoxy) is 7. The molecular weight excluding hydrogens is 922 g/mol. The fourth-order valence-corrected chi connectivity index (χ4v) is 8.07. The van der Waals surface area contributed by atoms with Crippen LogP contribution in [0.3, 0.4) is 0 Å². The molecule has 0 saturated carbocycles. The molecule has 372 valence electrons. The van der Waals surface area contributed by atoms with Gasteiger partial charge in [0.25, 0.3) is 11.8 Å². The van der Waals surface area contributed by atoms with Gasteiger partial charge in [-0.2, -0.15) is 0 Å². The van der Waals surface area contributed by atoms with E-state index in [0.717, 1.165) is 16.6 Å². The summed E-state index contributed by atoms with van der Waals surface area (Å²) in [5, 5.41) is 8.95. The van der Waals surface area contributed by atoms with Gasteiger partial charge in [-0.15, -0.1) is 0 Å². The fraction of sp³-hybridized carbons (Fsp3) is 0.362. The van der Waals surface area contributed by atoms with Crippen molar-refractivity contribution in [3.05, 3.63) is 76.9 Å². The number of aryl methyl sites for hydroxylation is 2. The molecular formula is C47H59N9NaO13-. The quantitative estimate of drug-likeness (QED) is 0.0979. The van der Waals surface area contributed by atoms with Crippen molar-refractivity contribution < 1.29 is 92.5 Å². The van der Waals surface area contributed by atoms with Gasteiger partial charge >= 0.3 is 41.5 Å². The van der Waals surface area contributed by atoms with Crippen LogP contribution in [0, 0.1) is 0 Å². The summed E-state index contributed by atoms with van der Waals surface area (Å²) >= 11 is 0. The minimum Gasteiger partial charge on any atom is -0.870 e. The number of hydrogen-bond donors (Lipinski definition) is 3. The van der Waals surface area contributed by atoms with Crippen LogP contribution in [-0.2, 0) is 41.3 Å². The smallest absolute Gasteiger partial charge is 0.870 e. The summed E-state index contributed by atoms with van der Waals surface area (Å²) in [5.41, 5.74) is 17.0. The zero-order chi connectivity index (χ0) is 47.4. The molecule has 0 aliphatic carbocycles. The molecule has 8 N–H and O–H groups in total. The number of fused-ring (bicyclic) bond motifs is 4. The summed E-state index contributed by atoms with van der Waals surface area (Å²) in [5.74, 6) is 2.09. The number of nitrogens with zero attached hydrogens (tertiary/aromatic N) is 6. The van der Waals surface area contributed by atoms with Gasteiger partial charge in [0.05, 0.1) is 70.0 Å². The number of nitrogens with two attached hydrogens (primary N) is 3. The maximum Gasteiger partial charge on any atom is 1.00 e. The molecule has 0 spiro atoms. The molecule has 0 fully saturated rings. The SMILES string of the molecule is C.CCOC(=O)CCN1CCc2c(cc(OC)c(Oc3cccc4c3nc(N)n4C)c2OC)C1=O.COc1cc2c(c(OC)c1Oc1cccc3c1nc(N)n3C)CCN(CCC(=O)O)C2=O.[NH2-].[Na+].[OH-]. The fourth-order valence-electron chi connectivity index (χ4n) is 8.07. The molecule has 0 radical (unpaired) electrons. The Morgan fingerprint density at radius 2 is 1.09 bits per heavy atom. The van der Waals surface area contributed by atoms with E-state index in [0.29, 0.717) is 118 Å². The van der Waals surface area contributed by atoms with Crippen molar-refractivity contribution in [2.24, 2.45) is 14.1 Å². The van der Waals surface area contributed by atoms with Crippen molar-refractivity contribution in [3.63, 3.8) is 0 Å². The van der Waals surface area contributed by atoms with Gasteiger partial charge in [-0.05, 0) is 56.2 Å². The Labute approximate surface area is 426 Å². The summed E-state index contributed by atoms with van der Waals surface area (Å²) < 4.78 is 43.5. The monoisotopic (exact) mass is 980 g/mol. The van der Waals surface area contributed by atoms with Gasteiger partial charge < -0.3 is 80.3 Å². The van der Waals surface area contributed by atoms with Gasteiger partial charge in [0.2, 0.25) is 23.4 Å². The third-order valence-corrected chi connectivity index (χ3v) is 11.5. The van der Waals surface area contributed by atoms with Crippen molar-refractivity contribution in [3.8, 4) is 46.0 Å². The molecule has 2 aliphatic heterocycles. The van der Waals surface area contributed by atoms with Crippen LogP contribution >= 0.6 is 0 Å². The third kappa shape index (κ3) is 11.2. The third-order valence-electron chi connectivity index (χ3n) is 11.5. The van der Waals surface area contributed by atoms with E-state index in [4.69, 9.17) is 49.7 Å². The summed E-state index contributed by atoms with van der Waals surface area (Å²) in [7, 11) is 9.65. The van der Waals surface area contributed by atoms with Crippen molar-refractivity contribution >= 4 is 57.7 Å². The molecule has 4 heterocycles. The predicted molar refractivity (Wildman–Crippen MR) is 256 cm³/mol. The number of hydrogen-bond acceptors (Lipinski definition) is 16. The molecule has 0 saturated heterocycles. The number of nitrogen functional groups attached to an aromatic ring is 2. The molecule has 0 bridgehead atoms. The molecule has 22 nitrogen and oxygen atoms in total. The van der Waals surface area contributed by atoms with Crippen LogP contribution in [0.5, 0.6) is 46.0 Å². The Kier molecular flexibility index (Phi) is 20.1. The molecule has 8 rings (SSSR count). The van der Waals surface area contributed by atoms with Crippen molar-refractivity contribution in [2.45, 2.75) is 40.0 Å². The molecule has 23 heteroatoms. The molecule has 2 aliphatic rings. The minimum absolute atomic E-state index is 0. The van der Waals surface area contributed by atoms with E-state index in [1.54, 1.807) is 45.2 Å². The number of amides is 2. The summed E-state index contributed by atoms with van der Waals surface area (Å²) in [6, 6.07) is 14.3. The predicted octanol–water partition coefficient (Wildman–Crippen LogP) is 3.53. The minimum atomic E-state index is -0.952. The first kappa shape index (κ1) is 57.3. The number of methoxy groups -OCH3 is 4. The molecule has 0 unspecified atom stereocenters. The number of para-hydroxylation sites is 2. The average Bonchev–Trinajstić information content (AvgIpc) is 3.78. The Bertz CT molecular complexity index is 2870. The van der Waals surface area contributed by atoms with Crippen LogP contribution in [0.1, 0.15) is 59.0 Å². The second kappa shape index (κ2) is 24.5. The molecule has 4 aromatic carbocycles. The van der Waals surface area contributed by atoms with Crippen molar-refractivity contribution in [2.75, 3.05) is 72.7 Å². The zero-order valence-electron chi connectivity index (χ0n) is 39.8. The number of esters is 1. The Morgan fingerprint density at radius 1 is 0.671 bits per heavy atom. The number of aromatic nitrogens is 4. The number of imidazole rings is 2. The summed E-state index contributed by atoms with van der Waals surface area (Å²) in [4.78, 5) is 60.8. The summed E-state index contributed by atoms with van der Waals surface area (Å²) in [6.07, 6.45) is 1.05. The number of aliphatic carboxylic acids is 1. The summed E-state index contributed by atoms with van der Waals surface area (Å²) in [6.45, 7) is 3.31. The molecule has 2 amide bonds. The van der Waals surface area contributed by atoms with E-state index in [1.165, 1.54) is 33.3 Å². The number of carboxylic acids is 1. The largest absolute Gasteiger partial charge is 1.00 e. The Balaban J connectivity index is 0.000000351. The van der Waals surface area contributed by atoms with Crippen LogP contribution in [0.2, 0.25) is 0 Å². The number of carboxylic acid groups (broad SMARTS) is 1. The Morgan fingerprint density at radius 3 is 1.46 bits per heavy atom. The van der Waals surface area contributed by atoms with E-state index >= 15 is 0 Å². The van der Waals surface area contributed by atoms with E-state index in [2.05, 4.69) is 9.97 Å².